The number of piperazine rings is 1. The molecule has 0 atom stereocenters. The predicted octanol–water partition coefficient (Wildman–Crippen LogP) is 2.13. The highest BCUT2D eigenvalue weighted by atomic mass is 16.5. The minimum Gasteiger partial charge on any atom is -0.380 e. The van der Waals surface area contributed by atoms with E-state index in [0.717, 1.165) is 11.1 Å². The number of urea groups is 1. The number of hydrogen-bond acceptors (Lipinski definition) is 5. The summed E-state index contributed by atoms with van der Waals surface area (Å²) in [6.45, 7) is 3.48. The highest BCUT2D eigenvalue weighted by molar-refractivity contribution is 5.74. The van der Waals surface area contributed by atoms with E-state index in [1.807, 2.05) is 24.3 Å². The largest absolute Gasteiger partial charge is 0.380 e. The van der Waals surface area contributed by atoms with Crippen molar-refractivity contribution < 1.29 is 9.53 Å². The Labute approximate surface area is 159 Å². The molecule has 3 rings (SSSR count). The second-order valence-electron chi connectivity index (χ2n) is 6.32. The fraction of sp³-hybridized carbons (Fsp3) is 0.350. The molecule has 140 valence electrons. The highest BCUT2D eigenvalue weighted by Gasteiger charge is 2.23. The number of ether oxygens (including phenoxy) is 1. The van der Waals surface area contributed by atoms with Crippen molar-refractivity contribution in [3.63, 3.8) is 0 Å². The number of pyridine rings is 1. The minimum atomic E-state index is -0.0802. The van der Waals surface area contributed by atoms with Crippen LogP contribution in [-0.4, -0.2) is 49.2 Å². The van der Waals surface area contributed by atoms with E-state index in [1.165, 1.54) is 0 Å². The van der Waals surface area contributed by atoms with Crippen molar-refractivity contribution in [1.82, 2.24) is 15.2 Å². The van der Waals surface area contributed by atoms with E-state index in [0.29, 0.717) is 50.7 Å². The van der Waals surface area contributed by atoms with Crippen molar-refractivity contribution in [2.75, 3.05) is 38.2 Å². The molecule has 1 aliphatic rings. The maximum atomic E-state index is 12.5. The predicted molar refractivity (Wildman–Crippen MR) is 102 cm³/mol. The molecule has 0 saturated carbocycles. The molecule has 27 heavy (non-hydrogen) atoms. The van der Waals surface area contributed by atoms with Crippen LogP contribution < -0.4 is 10.2 Å². The number of carbonyl (C=O) groups excluding carboxylic acids is 1. The van der Waals surface area contributed by atoms with Gasteiger partial charge in [0.05, 0.1) is 12.2 Å². The Morgan fingerprint density at radius 2 is 1.93 bits per heavy atom. The molecule has 2 amide bonds. The second-order valence-corrected chi connectivity index (χ2v) is 6.32. The number of amides is 2. The Hall–Kier alpha value is -3.11. The van der Waals surface area contributed by atoms with Crippen molar-refractivity contribution >= 4 is 11.8 Å². The van der Waals surface area contributed by atoms with E-state index in [-0.39, 0.29) is 6.03 Å². The number of nitrogens with zero attached hydrogens (tertiary/aromatic N) is 4. The summed E-state index contributed by atoms with van der Waals surface area (Å²) < 4.78 is 5.21. The van der Waals surface area contributed by atoms with E-state index in [1.54, 1.807) is 30.3 Å². The number of carbonyl (C=O) groups is 1. The summed E-state index contributed by atoms with van der Waals surface area (Å²) in [6.07, 6.45) is 1.69. The standard InChI is InChI=1S/C20H23N5O2/c1-27-15-18-6-3-2-5-17(18)14-23-20(26)25-11-9-24(10-12-25)19-16(13-21)7-4-8-22-19/h2-8H,9-12,14-15H2,1H3,(H,23,26). The Kier molecular flexibility index (Phi) is 6.23. The molecule has 1 N–H and O–H groups in total. The van der Waals surface area contributed by atoms with Crippen molar-refractivity contribution in [2.24, 2.45) is 0 Å². The van der Waals surface area contributed by atoms with Crippen LogP contribution in [0.2, 0.25) is 0 Å². The molecule has 1 aliphatic heterocycles. The quantitative estimate of drug-likeness (QED) is 0.878. The Morgan fingerprint density at radius 1 is 1.19 bits per heavy atom. The van der Waals surface area contributed by atoms with Gasteiger partial charge in [-0.25, -0.2) is 9.78 Å². The zero-order chi connectivity index (χ0) is 19.1. The van der Waals surface area contributed by atoms with Crippen molar-refractivity contribution in [3.05, 3.63) is 59.3 Å². The molecule has 1 saturated heterocycles. The van der Waals surface area contributed by atoms with Crippen LogP contribution in [0.15, 0.2) is 42.6 Å². The third kappa shape index (κ3) is 4.54. The van der Waals surface area contributed by atoms with Gasteiger partial charge in [-0.1, -0.05) is 24.3 Å². The molecule has 0 unspecified atom stereocenters. The average molecular weight is 365 g/mol. The normalized spacial score (nSPS) is 13.9. The summed E-state index contributed by atoms with van der Waals surface area (Å²) in [5.74, 6) is 0.688. The first-order valence-electron chi connectivity index (χ1n) is 8.91. The lowest BCUT2D eigenvalue weighted by molar-refractivity contribution is 0.183. The van der Waals surface area contributed by atoms with Crippen LogP contribution in [0.25, 0.3) is 0 Å². The molecule has 1 aromatic carbocycles. The number of nitrogens with one attached hydrogen (secondary N) is 1. The van der Waals surface area contributed by atoms with Crippen LogP contribution in [0, 0.1) is 11.3 Å². The number of methoxy groups -OCH3 is 1. The van der Waals surface area contributed by atoms with Gasteiger partial charge >= 0.3 is 6.03 Å². The molecule has 7 nitrogen and oxygen atoms in total. The van der Waals surface area contributed by atoms with Gasteiger partial charge < -0.3 is 19.9 Å². The molecule has 2 heterocycles. The summed E-state index contributed by atoms with van der Waals surface area (Å²) in [7, 11) is 1.66. The van der Waals surface area contributed by atoms with Crippen molar-refractivity contribution in [1.29, 1.82) is 5.26 Å². The minimum absolute atomic E-state index is 0.0802. The maximum Gasteiger partial charge on any atom is 0.317 e. The molecule has 1 aromatic heterocycles. The van der Waals surface area contributed by atoms with Gasteiger partial charge in [0.2, 0.25) is 0 Å². The van der Waals surface area contributed by atoms with E-state index in [9.17, 15) is 10.1 Å². The van der Waals surface area contributed by atoms with Crippen LogP contribution >= 0.6 is 0 Å². The lowest BCUT2D eigenvalue weighted by Gasteiger charge is -2.35. The highest BCUT2D eigenvalue weighted by Crippen LogP contribution is 2.18. The molecule has 7 heteroatoms. The van der Waals surface area contributed by atoms with Gasteiger partial charge in [-0.15, -0.1) is 0 Å². The monoisotopic (exact) mass is 365 g/mol. The molecule has 0 radical (unpaired) electrons. The Balaban J connectivity index is 1.54. The molecule has 1 fully saturated rings. The van der Waals surface area contributed by atoms with Crippen LogP contribution in [-0.2, 0) is 17.9 Å². The topological polar surface area (TPSA) is 81.5 Å². The van der Waals surface area contributed by atoms with Crippen LogP contribution in [0.5, 0.6) is 0 Å². The summed E-state index contributed by atoms with van der Waals surface area (Å²) >= 11 is 0. The van der Waals surface area contributed by atoms with Gasteiger partial charge in [-0.05, 0) is 23.3 Å². The first-order valence-corrected chi connectivity index (χ1v) is 8.91. The maximum absolute atomic E-state index is 12.5. The second kappa shape index (κ2) is 9.01. The first-order chi connectivity index (χ1) is 13.2. The zero-order valence-electron chi connectivity index (χ0n) is 15.4. The number of aromatic nitrogens is 1. The molecule has 0 bridgehead atoms. The first kappa shape index (κ1) is 18.7. The number of rotatable bonds is 5. The number of hydrogen-bond donors (Lipinski definition) is 1. The van der Waals surface area contributed by atoms with Crippen LogP contribution in [0.4, 0.5) is 10.6 Å². The van der Waals surface area contributed by atoms with Gasteiger partial charge in [0.25, 0.3) is 0 Å². The molecule has 0 spiro atoms. The van der Waals surface area contributed by atoms with E-state index < -0.39 is 0 Å². The average Bonchev–Trinajstić information content (AvgIpc) is 2.73. The van der Waals surface area contributed by atoms with Gasteiger partial charge in [-0.2, -0.15) is 5.26 Å². The lowest BCUT2D eigenvalue weighted by atomic mass is 10.1. The summed E-state index contributed by atoms with van der Waals surface area (Å²) in [5, 5.41) is 12.2. The Bertz CT molecular complexity index is 825. The fourth-order valence-corrected chi connectivity index (χ4v) is 3.17. The molecule has 2 aromatic rings. The van der Waals surface area contributed by atoms with E-state index in [4.69, 9.17) is 4.74 Å². The smallest absolute Gasteiger partial charge is 0.317 e. The van der Waals surface area contributed by atoms with Crippen molar-refractivity contribution in [3.8, 4) is 6.07 Å². The van der Waals surface area contributed by atoms with Gasteiger partial charge in [0.15, 0.2) is 0 Å². The third-order valence-corrected chi connectivity index (χ3v) is 4.62. The van der Waals surface area contributed by atoms with E-state index in [2.05, 4.69) is 21.3 Å². The van der Waals surface area contributed by atoms with Crippen molar-refractivity contribution in [2.45, 2.75) is 13.2 Å². The van der Waals surface area contributed by atoms with Gasteiger partial charge in [-0.3, -0.25) is 0 Å². The van der Waals surface area contributed by atoms with Gasteiger partial charge in [0, 0.05) is 46.0 Å². The zero-order valence-corrected chi connectivity index (χ0v) is 15.4. The lowest BCUT2D eigenvalue weighted by Crippen LogP contribution is -2.52. The molecule has 0 aliphatic carbocycles. The number of anilines is 1. The molecular formula is C20H23N5O2. The van der Waals surface area contributed by atoms with Gasteiger partial charge in [0.1, 0.15) is 11.9 Å². The SMILES string of the molecule is COCc1ccccc1CNC(=O)N1CCN(c2ncccc2C#N)CC1. The third-order valence-electron chi connectivity index (χ3n) is 4.62. The molecular weight excluding hydrogens is 342 g/mol. The summed E-state index contributed by atoms with van der Waals surface area (Å²) in [4.78, 5) is 20.7. The van der Waals surface area contributed by atoms with Crippen LogP contribution in [0.3, 0.4) is 0 Å². The number of benzene rings is 1. The number of nitriles is 1. The van der Waals surface area contributed by atoms with E-state index >= 15 is 0 Å². The Morgan fingerprint density at radius 3 is 2.63 bits per heavy atom. The summed E-state index contributed by atoms with van der Waals surface area (Å²) in [6, 6.07) is 13.5. The fourth-order valence-electron chi connectivity index (χ4n) is 3.17. The summed E-state index contributed by atoms with van der Waals surface area (Å²) in [5.41, 5.74) is 2.69. The van der Waals surface area contributed by atoms with Crippen LogP contribution in [0.1, 0.15) is 16.7 Å².